The maximum Gasteiger partial charge on any atom is 0.323 e. The molecule has 0 aromatic heterocycles. The second-order valence-corrected chi connectivity index (χ2v) is 6.19. The highest BCUT2D eigenvalue weighted by atomic mass is 16.5. The molecule has 1 aliphatic heterocycles. The number of ether oxygens (including phenoxy) is 3. The smallest absolute Gasteiger partial charge is 0.323 e. The molecule has 0 amide bonds. The summed E-state index contributed by atoms with van der Waals surface area (Å²) in [7, 11) is 3.80. The highest BCUT2D eigenvalue weighted by Gasteiger charge is 2.56. The van der Waals surface area contributed by atoms with Crippen molar-refractivity contribution in [3.8, 4) is 0 Å². The van der Waals surface area contributed by atoms with Crippen LogP contribution < -0.4 is 5.32 Å². The first-order valence-corrected chi connectivity index (χ1v) is 8.04. The minimum atomic E-state index is -0.924. The van der Waals surface area contributed by atoms with Gasteiger partial charge in [-0.25, -0.2) is 0 Å². The Morgan fingerprint density at radius 3 is 1.83 bits per heavy atom. The van der Waals surface area contributed by atoms with E-state index < -0.39 is 35.8 Å². The summed E-state index contributed by atoms with van der Waals surface area (Å²) >= 11 is 0. The molecule has 23 heavy (non-hydrogen) atoms. The van der Waals surface area contributed by atoms with Gasteiger partial charge in [0.15, 0.2) is 0 Å². The van der Waals surface area contributed by atoms with Crippen LogP contribution in [0.3, 0.4) is 0 Å². The zero-order valence-corrected chi connectivity index (χ0v) is 13.9. The molecule has 2 aliphatic rings. The predicted molar refractivity (Wildman–Crippen MR) is 80.3 cm³/mol. The summed E-state index contributed by atoms with van der Waals surface area (Å²) in [6.45, 7) is 0. The first kappa shape index (κ1) is 17.7. The number of hydrogen-bond acceptors (Lipinski definition) is 7. The second-order valence-electron chi connectivity index (χ2n) is 6.19. The maximum atomic E-state index is 12.3. The lowest BCUT2D eigenvalue weighted by atomic mass is 9.76. The lowest BCUT2D eigenvalue weighted by Crippen LogP contribution is -2.43. The van der Waals surface area contributed by atoms with Gasteiger partial charge in [0, 0.05) is 6.04 Å². The van der Waals surface area contributed by atoms with Gasteiger partial charge in [0.05, 0.1) is 33.2 Å². The van der Waals surface area contributed by atoms with Crippen LogP contribution in [0.4, 0.5) is 0 Å². The van der Waals surface area contributed by atoms with E-state index in [-0.39, 0.29) is 12.0 Å². The van der Waals surface area contributed by atoms with Gasteiger partial charge >= 0.3 is 17.9 Å². The minimum Gasteiger partial charge on any atom is -0.469 e. The van der Waals surface area contributed by atoms with Crippen molar-refractivity contribution in [2.75, 3.05) is 21.3 Å². The van der Waals surface area contributed by atoms with Gasteiger partial charge in [0.1, 0.15) is 6.04 Å². The molecular weight excluding hydrogens is 302 g/mol. The van der Waals surface area contributed by atoms with Crippen LogP contribution >= 0.6 is 0 Å². The molecule has 1 aliphatic carbocycles. The first-order valence-electron chi connectivity index (χ1n) is 8.04. The molecule has 7 nitrogen and oxygen atoms in total. The van der Waals surface area contributed by atoms with E-state index in [1.54, 1.807) is 0 Å². The van der Waals surface area contributed by atoms with Crippen molar-refractivity contribution in [1.82, 2.24) is 5.32 Å². The van der Waals surface area contributed by atoms with Crippen molar-refractivity contribution in [3.05, 3.63) is 0 Å². The van der Waals surface area contributed by atoms with Crippen LogP contribution in [-0.4, -0.2) is 51.3 Å². The fourth-order valence-electron chi connectivity index (χ4n) is 3.96. The molecule has 2 rings (SSSR count). The van der Waals surface area contributed by atoms with Gasteiger partial charge in [-0.05, 0) is 18.8 Å². The molecule has 0 unspecified atom stereocenters. The standard InChI is InChI=1S/C16H25NO6/c1-21-14(18)10-11(15(19)22-2)13(16(20)23-3)17-12(10)9-7-5-4-6-8-9/h9-13,17H,4-8H2,1-3H3/t10-,11+,12-,13-/m1/s1. The summed E-state index contributed by atoms with van der Waals surface area (Å²) in [5.74, 6) is -3.08. The molecule has 0 spiro atoms. The molecule has 1 N–H and O–H groups in total. The van der Waals surface area contributed by atoms with Gasteiger partial charge in [-0.15, -0.1) is 0 Å². The summed E-state index contributed by atoms with van der Waals surface area (Å²) in [5.41, 5.74) is 0. The van der Waals surface area contributed by atoms with E-state index in [0.717, 1.165) is 25.7 Å². The number of nitrogens with one attached hydrogen (secondary N) is 1. The fraction of sp³-hybridized carbons (Fsp3) is 0.812. The monoisotopic (exact) mass is 327 g/mol. The van der Waals surface area contributed by atoms with Gasteiger partial charge in [-0.1, -0.05) is 19.3 Å². The Morgan fingerprint density at radius 2 is 1.30 bits per heavy atom. The van der Waals surface area contributed by atoms with Gasteiger partial charge < -0.3 is 14.2 Å². The molecule has 0 aromatic rings. The Kier molecular flexibility index (Phi) is 5.98. The minimum absolute atomic E-state index is 0.231. The molecule has 1 saturated heterocycles. The van der Waals surface area contributed by atoms with Crippen molar-refractivity contribution in [3.63, 3.8) is 0 Å². The number of carbonyl (C=O) groups is 3. The van der Waals surface area contributed by atoms with Crippen LogP contribution in [0.2, 0.25) is 0 Å². The van der Waals surface area contributed by atoms with E-state index in [9.17, 15) is 14.4 Å². The first-order chi connectivity index (χ1) is 11.0. The van der Waals surface area contributed by atoms with Gasteiger partial charge in [0.25, 0.3) is 0 Å². The number of esters is 3. The highest BCUT2D eigenvalue weighted by Crippen LogP contribution is 2.39. The van der Waals surface area contributed by atoms with E-state index in [0.29, 0.717) is 0 Å². The molecule has 0 aromatic carbocycles. The van der Waals surface area contributed by atoms with Crippen LogP contribution in [0.15, 0.2) is 0 Å². The van der Waals surface area contributed by atoms with Crippen molar-refractivity contribution in [2.45, 2.75) is 44.2 Å². The Bertz CT molecular complexity index is 459. The largest absolute Gasteiger partial charge is 0.469 e. The van der Waals surface area contributed by atoms with Gasteiger partial charge in [0.2, 0.25) is 0 Å². The zero-order chi connectivity index (χ0) is 17.0. The van der Waals surface area contributed by atoms with E-state index in [1.165, 1.54) is 27.8 Å². The normalized spacial score (nSPS) is 31.4. The van der Waals surface area contributed by atoms with Crippen molar-refractivity contribution < 1.29 is 28.6 Å². The highest BCUT2D eigenvalue weighted by molar-refractivity contribution is 5.90. The summed E-state index contributed by atoms with van der Waals surface area (Å²) < 4.78 is 14.5. The van der Waals surface area contributed by atoms with E-state index >= 15 is 0 Å². The third-order valence-corrected chi connectivity index (χ3v) is 5.06. The molecule has 1 saturated carbocycles. The Morgan fingerprint density at radius 1 is 0.783 bits per heavy atom. The van der Waals surface area contributed by atoms with E-state index in [2.05, 4.69) is 5.32 Å². The van der Waals surface area contributed by atoms with Crippen LogP contribution in [0.25, 0.3) is 0 Å². The number of hydrogen-bond donors (Lipinski definition) is 1. The summed E-state index contributed by atoms with van der Waals surface area (Å²) in [5, 5.41) is 3.17. The van der Waals surface area contributed by atoms with Gasteiger partial charge in [-0.2, -0.15) is 0 Å². The summed E-state index contributed by atoms with van der Waals surface area (Å²) in [6.07, 6.45) is 5.28. The molecule has 0 radical (unpaired) electrons. The SMILES string of the molecule is COC(=O)[C@@H]1[C@H](C(=O)OC)[C@H](C(=O)OC)N[C@@H]1C1CCCCC1. The second kappa shape index (κ2) is 7.77. The number of rotatable bonds is 4. The summed E-state index contributed by atoms with van der Waals surface area (Å²) in [4.78, 5) is 36.6. The molecule has 0 bridgehead atoms. The predicted octanol–water partition coefficient (Wildman–Crippen LogP) is 0.659. The molecule has 130 valence electrons. The van der Waals surface area contributed by atoms with Gasteiger partial charge in [-0.3, -0.25) is 19.7 Å². The Labute approximate surface area is 136 Å². The van der Waals surface area contributed by atoms with Crippen molar-refractivity contribution in [2.24, 2.45) is 17.8 Å². The molecule has 4 atom stereocenters. The average Bonchev–Trinajstić information content (AvgIpc) is 3.00. The third kappa shape index (κ3) is 3.49. The van der Waals surface area contributed by atoms with Crippen LogP contribution in [0.5, 0.6) is 0 Å². The Hall–Kier alpha value is -1.63. The number of methoxy groups -OCH3 is 3. The molecule has 7 heteroatoms. The third-order valence-electron chi connectivity index (χ3n) is 5.06. The quantitative estimate of drug-likeness (QED) is 0.599. The number of carbonyl (C=O) groups excluding carboxylic acids is 3. The molecule has 2 fully saturated rings. The molecular formula is C16H25NO6. The Balaban J connectivity index is 2.34. The van der Waals surface area contributed by atoms with Crippen LogP contribution in [0, 0.1) is 17.8 Å². The zero-order valence-electron chi connectivity index (χ0n) is 13.9. The average molecular weight is 327 g/mol. The molecule has 1 heterocycles. The van der Waals surface area contributed by atoms with Crippen molar-refractivity contribution in [1.29, 1.82) is 0 Å². The van der Waals surface area contributed by atoms with Crippen LogP contribution in [-0.2, 0) is 28.6 Å². The van der Waals surface area contributed by atoms with E-state index in [4.69, 9.17) is 14.2 Å². The fourth-order valence-corrected chi connectivity index (χ4v) is 3.96. The summed E-state index contributed by atoms with van der Waals surface area (Å²) in [6, 6.07) is -1.17. The van der Waals surface area contributed by atoms with Crippen LogP contribution in [0.1, 0.15) is 32.1 Å². The lowest BCUT2D eigenvalue weighted by Gasteiger charge is -2.31. The van der Waals surface area contributed by atoms with Crippen molar-refractivity contribution >= 4 is 17.9 Å². The van der Waals surface area contributed by atoms with E-state index in [1.807, 2.05) is 0 Å². The maximum absolute atomic E-state index is 12.3. The topological polar surface area (TPSA) is 90.9 Å². The lowest BCUT2D eigenvalue weighted by molar-refractivity contribution is -0.160.